The Labute approximate surface area is 141 Å². The molecule has 2 atom stereocenters. The molecule has 2 amide bonds. The second kappa shape index (κ2) is 6.41. The number of urea groups is 1. The van der Waals surface area contributed by atoms with Crippen LogP contribution in [0.15, 0.2) is 12.3 Å². The van der Waals surface area contributed by atoms with Crippen molar-refractivity contribution in [2.75, 3.05) is 25.4 Å². The molecule has 25 heavy (non-hydrogen) atoms. The topological polar surface area (TPSA) is 99.9 Å². The van der Waals surface area contributed by atoms with Crippen LogP contribution in [0.2, 0.25) is 0 Å². The number of anilines is 1. The first kappa shape index (κ1) is 17.3. The van der Waals surface area contributed by atoms with Crippen LogP contribution in [0.4, 0.5) is 23.9 Å². The average molecular weight is 356 g/mol. The third-order valence-corrected chi connectivity index (χ3v) is 4.51. The molecule has 3 heterocycles. The highest BCUT2D eigenvalue weighted by molar-refractivity contribution is 5.80. The van der Waals surface area contributed by atoms with Crippen molar-refractivity contribution < 1.29 is 18.0 Å². The Morgan fingerprint density at radius 3 is 2.88 bits per heavy atom. The summed E-state index contributed by atoms with van der Waals surface area (Å²) in [5.74, 6) is 0.106. The van der Waals surface area contributed by atoms with Crippen LogP contribution >= 0.6 is 0 Å². The summed E-state index contributed by atoms with van der Waals surface area (Å²) in [5, 5.41) is 2.74. The lowest BCUT2D eigenvalue weighted by Crippen LogP contribution is -2.42. The van der Waals surface area contributed by atoms with E-state index in [4.69, 9.17) is 5.73 Å². The summed E-state index contributed by atoms with van der Waals surface area (Å²) in [6, 6.07) is 1.12. The van der Waals surface area contributed by atoms with E-state index in [0.29, 0.717) is 18.7 Å². The number of aromatic amines is 1. The first-order chi connectivity index (χ1) is 11.8. The van der Waals surface area contributed by atoms with Gasteiger partial charge in [0.2, 0.25) is 5.95 Å². The second-order valence-corrected chi connectivity index (χ2v) is 6.16. The molecule has 3 rings (SSSR count). The van der Waals surface area contributed by atoms with E-state index in [1.807, 2.05) is 18.3 Å². The van der Waals surface area contributed by atoms with Gasteiger partial charge in [0.15, 0.2) is 0 Å². The van der Waals surface area contributed by atoms with Crippen LogP contribution in [0.1, 0.15) is 25.0 Å². The highest BCUT2D eigenvalue weighted by Gasteiger charge is 2.38. The zero-order chi connectivity index (χ0) is 18.2. The Morgan fingerprint density at radius 2 is 2.20 bits per heavy atom. The van der Waals surface area contributed by atoms with Crippen molar-refractivity contribution in [2.24, 2.45) is 5.92 Å². The number of carbonyl (C=O) groups excluding carboxylic acids is 1. The van der Waals surface area contributed by atoms with Crippen LogP contribution in [0.25, 0.3) is 11.0 Å². The van der Waals surface area contributed by atoms with E-state index < -0.39 is 18.8 Å². The first-order valence-electron chi connectivity index (χ1n) is 7.98. The van der Waals surface area contributed by atoms with Crippen molar-refractivity contribution >= 4 is 23.0 Å². The standard InChI is InChI=1S/C15H19F3N6O/c1-2-8-5-24(14(25)21-7-15(16,17)18)6-10(8)11-9-3-4-20-12(9)23-13(19)22-11/h3-4,8,10H,2,5-7H2,1H3,(H,21,25)(H3,19,20,22,23). The normalized spacial score (nSPS) is 21.0. The van der Waals surface area contributed by atoms with Gasteiger partial charge in [-0.2, -0.15) is 18.2 Å². The van der Waals surface area contributed by atoms with Crippen molar-refractivity contribution in [3.05, 3.63) is 18.0 Å². The number of alkyl halides is 3. The third-order valence-electron chi connectivity index (χ3n) is 4.51. The van der Waals surface area contributed by atoms with Crippen LogP contribution in [0.3, 0.4) is 0 Å². The molecule has 4 N–H and O–H groups in total. The van der Waals surface area contributed by atoms with Crippen molar-refractivity contribution in [1.29, 1.82) is 0 Å². The van der Waals surface area contributed by atoms with Crippen molar-refractivity contribution in [2.45, 2.75) is 25.4 Å². The largest absolute Gasteiger partial charge is 0.405 e. The Kier molecular flexibility index (Phi) is 4.44. The summed E-state index contributed by atoms with van der Waals surface area (Å²) in [7, 11) is 0. The molecule has 2 aromatic rings. The van der Waals surface area contributed by atoms with Crippen molar-refractivity contribution in [3.63, 3.8) is 0 Å². The predicted octanol–water partition coefficient (Wildman–Crippen LogP) is 2.24. The summed E-state index contributed by atoms with van der Waals surface area (Å²) < 4.78 is 36.9. The zero-order valence-electron chi connectivity index (χ0n) is 13.6. The Bertz CT molecular complexity index is 774. The number of likely N-dealkylation sites (tertiary alicyclic amines) is 1. The highest BCUT2D eigenvalue weighted by Crippen LogP contribution is 2.36. The minimum atomic E-state index is -4.43. The second-order valence-electron chi connectivity index (χ2n) is 6.16. The van der Waals surface area contributed by atoms with E-state index >= 15 is 0 Å². The fourth-order valence-corrected chi connectivity index (χ4v) is 3.31. The number of rotatable bonds is 3. The van der Waals surface area contributed by atoms with Crippen LogP contribution in [-0.4, -0.2) is 51.7 Å². The Morgan fingerprint density at radius 1 is 1.44 bits per heavy atom. The maximum absolute atomic E-state index is 12.3. The minimum absolute atomic E-state index is 0.0871. The minimum Gasteiger partial charge on any atom is -0.368 e. The summed E-state index contributed by atoms with van der Waals surface area (Å²) in [4.78, 5) is 24.9. The number of halogens is 3. The number of amides is 2. The van der Waals surface area contributed by atoms with E-state index in [2.05, 4.69) is 15.0 Å². The molecule has 0 saturated carbocycles. The predicted molar refractivity (Wildman–Crippen MR) is 85.8 cm³/mol. The molecular formula is C15H19F3N6O. The van der Waals surface area contributed by atoms with Crippen LogP contribution in [0.5, 0.6) is 0 Å². The van der Waals surface area contributed by atoms with Crippen LogP contribution in [-0.2, 0) is 0 Å². The number of nitrogen functional groups attached to an aromatic ring is 1. The third kappa shape index (κ3) is 3.62. The van der Waals surface area contributed by atoms with E-state index in [1.165, 1.54) is 4.90 Å². The number of hydrogen-bond donors (Lipinski definition) is 3. The van der Waals surface area contributed by atoms with Gasteiger partial charge in [0.25, 0.3) is 0 Å². The van der Waals surface area contributed by atoms with Gasteiger partial charge < -0.3 is 20.9 Å². The Balaban J connectivity index is 1.82. The number of fused-ring (bicyclic) bond motifs is 1. The van der Waals surface area contributed by atoms with Gasteiger partial charge in [-0.05, 0) is 12.0 Å². The van der Waals surface area contributed by atoms with Gasteiger partial charge >= 0.3 is 12.2 Å². The molecule has 7 nitrogen and oxygen atoms in total. The molecule has 0 spiro atoms. The summed E-state index contributed by atoms with van der Waals surface area (Å²) in [6.45, 7) is 1.31. The fourth-order valence-electron chi connectivity index (χ4n) is 3.31. The molecule has 2 unspecified atom stereocenters. The number of carbonyl (C=O) groups is 1. The molecular weight excluding hydrogens is 337 g/mol. The smallest absolute Gasteiger partial charge is 0.368 e. The number of nitrogens with zero attached hydrogens (tertiary/aromatic N) is 3. The molecule has 1 aliphatic heterocycles. The maximum Gasteiger partial charge on any atom is 0.405 e. The van der Waals surface area contributed by atoms with Gasteiger partial charge in [0, 0.05) is 30.6 Å². The Hall–Kier alpha value is -2.52. The van der Waals surface area contributed by atoms with Crippen molar-refractivity contribution in [1.82, 2.24) is 25.2 Å². The number of H-pyrrole nitrogens is 1. The zero-order valence-corrected chi connectivity index (χ0v) is 13.6. The molecule has 0 aromatic carbocycles. The first-order valence-corrected chi connectivity index (χ1v) is 7.98. The molecule has 0 radical (unpaired) electrons. The molecule has 2 aromatic heterocycles. The summed E-state index contributed by atoms with van der Waals surface area (Å²) in [5.41, 5.74) is 7.10. The monoisotopic (exact) mass is 356 g/mol. The van der Waals surface area contributed by atoms with Gasteiger partial charge in [-0.3, -0.25) is 0 Å². The molecule has 10 heteroatoms. The van der Waals surface area contributed by atoms with Gasteiger partial charge in [0.05, 0.1) is 5.69 Å². The SMILES string of the molecule is CCC1CN(C(=O)NCC(F)(F)F)CC1c1nc(N)nc2[nH]ccc12. The molecule has 136 valence electrons. The molecule has 0 aliphatic carbocycles. The summed E-state index contributed by atoms with van der Waals surface area (Å²) in [6.07, 6.45) is -1.94. The molecule has 1 fully saturated rings. The summed E-state index contributed by atoms with van der Waals surface area (Å²) >= 11 is 0. The van der Waals surface area contributed by atoms with Crippen LogP contribution < -0.4 is 11.1 Å². The highest BCUT2D eigenvalue weighted by atomic mass is 19.4. The maximum atomic E-state index is 12.3. The van der Waals surface area contributed by atoms with Gasteiger partial charge in [-0.25, -0.2) is 9.78 Å². The lowest BCUT2D eigenvalue weighted by Gasteiger charge is -2.18. The number of nitrogens with one attached hydrogen (secondary N) is 2. The van der Waals surface area contributed by atoms with E-state index in [0.717, 1.165) is 17.5 Å². The van der Waals surface area contributed by atoms with Gasteiger partial charge in [0.1, 0.15) is 12.2 Å². The van der Waals surface area contributed by atoms with Crippen molar-refractivity contribution in [3.8, 4) is 0 Å². The molecule has 0 bridgehead atoms. The quantitative estimate of drug-likeness (QED) is 0.785. The lowest BCUT2D eigenvalue weighted by molar-refractivity contribution is -0.123. The number of nitrogens with two attached hydrogens (primary N) is 1. The van der Waals surface area contributed by atoms with Gasteiger partial charge in [-0.1, -0.05) is 13.3 Å². The van der Waals surface area contributed by atoms with E-state index in [-0.39, 0.29) is 17.8 Å². The number of hydrogen-bond acceptors (Lipinski definition) is 4. The van der Waals surface area contributed by atoms with E-state index in [1.54, 1.807) is 6.20 Å². The average Bonchev–Trinajstić information content (AvgIpc) is 3.17. The molecule has 1 saturated heterocycles. The lowest BCUT2D eigenvalue weighted by atomic mass is 9.89. The molecule has 1 aliphatic rings. The van der Waals surface area contributed by atoms with Crippen LogP contribution in [0, 0.1) is 5.92 Å². The fraction of sp³-hybridized carbons (Fsp3) is 0.533. The van der Waals surface area contributed by atoms with Gasteiger partial charge in [-0.15, -0.1) is 0 Å². The number of aromatic nitrogens is 3. The van der Waals surface area contributed by atoms with E-state index in [9.17, 15) is 18.0 Å².